The molecule has 2 N–H and O–H groups in total. The Hall–Kier alpha value is -0.840. The van der Waals surface area contributed by atoms with Crippen LogP contribution in [0.25, 0.3) is 0 Å². The largest absolute Gasteiger partial charge is 0.395 e. The van der Waals surface area contributed by atoms with Gasteiger partial charge in [0.15, 0.2) is 0 Å². The monoisotopic (exact) mass is 299 g/mol. The summed E-state index contributed by atoms with van der Waals surface area (Å²) >= 11 is 3.49. The minimum Gasteiger partial charge on any atom is -0.395 e. The molecule has 0 heterocycles. The second-order valence-corrected chi connectivity index (χ2v) is 4.70. The summed E-state index contributed by atoms with van der Waals surface area (Å²) in [5.74, 6) is 0. The zero-order valence-electron chi connectivity index (χ0n) is 9.93. The summed E-state index contributed by atoms with van der Waals surface area (Å²) in [6.07, 6.45) is 1.32. The van der Waals surface area contributed by atoms with E-state index in [2.05, 4.69) is 22.5 Å². The van der Waals surface area contributed by atoms with E-state index in [1.54, 1.807) is 13.0 Å². The minimum atomic E-state index is -0.481. The normalized spacial score (nSPS) is 12.2. The van der Waals surface area contributed by atoms with Crippen LogP contribution < -0.4 is 4.90 Å². The quantitative estimate of drug-likeness (QED) is 0.793. The van der Waals surface area contributed by atoms with E-state index in [9.17, 15) is 5.11 Å². The molecule has 1 aromatic rings. The average Bonchev–Trinajstić information content (AvgIpc) is 2.28. The molecule has 94 valence electrons. The zero-order chi connectivity index (χ0) is 12.8. The van der Waals surface area contributed by atoms with Crippen molar-refractivity contribution in [3.63, 3.8) is 0 Å². The molecule has 1 rings (SSSR count). The van der Waals surface area contributed by atoms with Crippen LogP contribution in [0.5, 0.6) is 0 Å². The van der Waals surface area contributed by atoms with Gasteiger partial charge in [-0.25, -0.2) is 0 Å². The summed E-state index contributed by atoms with van der Waals surface area (Å²) in [4.78, 5) is 2.02. The summed E-state index contributed by atoms with van der Waals surface area (Å²) in [6.45, 7) is 6.76. The number of aliphatic hydroxyl groups excluding tert-OH is 2. The summed E-state index contributed by atoms with van der Waals surface area (Å²) in [6, 6.07) is 5.72. The Labute approximate surface area is 111 Å². The molecule has 0 aliphatic heterocycles. The molecular formula is C13H18BrNO2. The topological polar surface area (TPSA) is 43.7 Å². The van der Waals surface area contributed by atoms with Gasteiger partial charge in [-0.2, -0.15) is 0 Å². The highest BCUT2D eigenvalue weighted by Crippen LogP contribution is 2.29. The Morgan fingerprint density at radius 1 is 1.53 bits per heavy atom. The van der Waals surface area contributed by atoms with E-state index < -0.39 is 6.10 Å². The van der Waals surface area contributed by atoms with Gasteiger partial charge in [-0.05, 0) is 40.5 Å². The zero-order valence-corrected chi connectivity index (χ0v) is 11.5. The van der Waals surface area contributed by atoms with E-state index in [-0.39, 0.29) is 6.61 Å². The Bertz CT molecular complexity index is 380. The fraction of sp³-hybridized carbons (Fsp3) is 0.385. The molecule has 0 aliphatic carbocycles. The first-order valence-electron chi connectivity index (χ1n) is 5.54. The Morgan fingerprint density at radius 2 is 2.24 bits per heavy atom. The predicted molar refractivity (Wildman–Crippen MR) is 74.3 cm³/mol. The minimum absolute atomic E-state index is 0.0957. The lowest BCUT2D eigenvalue weighted by Crippen LogP contribution is -2.27. The van der Waals surface area contributed by atoms with Crippen LogP contribution in [0.3, 0.4) is 0 Å². The van der Waals surface area contributed by atoms with E-state index in [0.29, 0.717) is 13.1 Å². The number of nitrogens with zero attached hydrogens (tertiary/aromatic N) is 1. The number of hydrogen-bond donors (Lipinski definition) is 2. The van der Waals surface area contributed by atoms with Crippen LogP contribution in [0.2, 0.25) is 0 Å². The van der Waals surface area contributed by atoms with E-state index in [1.807, 2.05) is 23.1 Å². The lowest BCUT2D eigenvalue weighted by molar-refractivity contribution is 0.199. The maximum atomic E-state index is 9.49. The third-order valence-electron chi connectivity index (χ3n) is 2.51. The van der Waals surface area contributed by atoms with Gasteiger partial charge in [0, 0.05) is 17.6 Å². The number of aliphatic hydroxyl groups is 2. The van der Waals surface area contributed by atoms with Crippen LogP contribution in [0.1, 0.15) is 18.6 Å². The third-order valence-corrected chi connectivity index (χ3v) is 3.15. The van der Waals surface area contributed by atoms with Crippen molar-refractivity contribution >= 4 is 21.6 Å². The molecule has 4 heteroatoms. The smallest absolute Gasteiger partial charge is 0.0762 e. The Balaban J connectivity index is 2.99. The van der Waals surface area contributed by atoms with Crippen LogP contribution in [-0.4, -0.2) is 29.9 Å². The molecule has 0 amide bonds. The Kier molecular flexibility index (Phi) is 5.68. The molecule has 0 unspecified atom stereocenters. The molecule has 1 atom stereocenters. The maximum Gasteiger partial charge on any atom is 0.0762 e. The highest BCUT2D eigenvalue weighted by molar-refractivity contribution is 9.10. The number of anilines is 1. The molecule has 0 bridgehead atoms. The van der Waals surface area contributed by atoms with Crippen LogP contribution in [-0.2, 0) is 0 Å². The molecule has 0 spiro atoms. The molecule has 0 saturated heterocycles. The van der Waals surface area contributed by atoms with Crippen molar-refractivity contribution in [3.8, 4) is 0 Å². The van der Waals surface area contributed by atoms with Crippen LogP contribution >= 0.6 is 15.9 Å². The van der Waals surface area contributed by atoms with Gasteiger partial charge in [0.25, 0.3) is 0 Å². The Morgan fingerprint density at radius 3 is 2.71 bits per heavy atom. The van der Waals surface area contributed by atoms with Gasteiger partial charge in [0.1, 0.15) is 0 Å². The van der Waals surface area contributed by atoms with Crippen molar-refractivity contribution in [2.24, 2.45) is 0 Å². The van der Waals surface area contributed by atoms with Crippen LogP contribution in [0, 0.1) is 0 Å². The molecule has 3 nitrogen and oxygen atoms in total. The van der Waals surface area contributed by atoms with Crippen LogP contribution in [0.15, 0.2) is 35.3 Å². The first kappa shape index (κ1) is 14.2. The van der Waals surface area contributed by atoms with E-state index in [4.69, 9.17) is 5.11 Å². The summed E-state index contributed by atoms with van der Waals surface area (Å²) in [5, 5.41) is 18.5. The van der Waals surface area contributed by atoms with Crippen molar-refractivity contribution in [3.05, 3.63) is 40.9 Å². The summed E-state index contributed by atoms with van der Waals surface area (Å²) in [5.41, 5.74) is 1.85. The van der Waals surface area contributed by atoms with Crippen molar-refractivity contribution in [2.75, 3.05) is 24.6 Å². The van der Waals surface area contributed by atoms with Gasteiger partial charge >= 0.3 is 0 Å². The standard InChI is InChI=1S/C13H18BrNO2/c1-3-6-15(7-8-16)13-5-4-11(10(2)17)9-12(13)14/h3-5,9-10,16-17H,1,6-8H2,2H3/t10-/m0/s1. The molecular weight excluding hydrogens is 282 g/mol. The molecule has 1 aromatic carbocycles. The molecule has 0 radical (unpaired) electrons. The van der Waals surface area contributed by atoms with Gasteiger partial charge in [0.2, 0.25) is 0 Å². The molecule has 17 heavy (non-hydrogen) atoms. The fourth-order valence-electron chi connectivity index (χ4n) is 1.63. The fourth-order valence-corrected chi connectivity index (χ4v) is 2.27. The molecule has 0 aromatic heterocycles. The summed E-state index contributed by atoms with van der Waals surface area (Å²) in [7, 11) is 0. The van der Waals surface area contributed by atoms with Gasteiger partial charge < -0.3 is 15.1 Å². The van der Waals surface area contributed by atoms with Crippen molar-refractivity contribution < 1.29 is 10.2 Å². The lowest BCUT2D eigenvalue weighted by atomic mass is 10.1. The summed E-state index contributed by atoms with van der Waals surface area (Å²) < 4.78 is 0.909. The van der Waals surface area contributed by atoms with E-state index in [0.717, 1.165) is 15.7 Å². The first-order valence-corrected chi connectivity index (χ1v) is 6.33. The van der Waals surface area contributed by atoms with E-state index >= 15 is 0 Å². The van der Waals surface area contributed by atoms with E-state index in [1.165, 1.54) is 0 Å². The van der Waals surface area contributed by atoms with Crippen molar-refractivity contribution in [1.29, 1.82) is 0 Å². The number of rotatable bonds is 6. The maximum absolute atomic E-state index is 9.49. The number of halogens is 1. The highest BCUT2D eigenvalue weighted by Gasteiger charge is 2.10. The second-order valence-electron chi connectivity index (χ2n) is 3.85. The van der Waals surface area contributed by atoms with Crippen molar-refractivity contribution in [1.82, 2.24) is 0 Å². The first-order chi connectivity index (χ1) is 8.10. The lowest BCUT2D eigenvalue weighted by Gasteiger charge is -2.24. The highest BCUT2D eigenvalue weighted by atomic mass is 79.9. The second kappa shape index (κ2) is 6.79. The van der Waals surface area contributed by atoms with Crippen LogP contribution in [0.4, 0.5) is 5.69 Å². The average molecular weight is 300 g/mol. The molecule has 0 aliphatic rings. The number of hydrogen-bond acceptors (Lipinski definition) is 3. The molecule has 0 fully saturated rings. The van der Waals surface area contributed by atoms with Gasteiger partial charge in [-0.15, -0.1) is 6.58 Å². The molecule has 0 saturated carbocycles. The SMILES string of the molecule is C=CCN(CCO)c1ccc([C@H](C)O)cc1Br. The third kappa shape index (κ3) is 3.84. The predicted octanol–water partition coefficient (Wildman–Crippen LogP) is 2.49. The number of benzene rings is 1. The van der Waals surface area contributed by atoms with Gasteiger partial charge in [-0.3, -0.25) is 0 Å². The van der Waals surface area contributed by atoms with Gasteiger partial charge in [-0.1, -0.05) is 12.1 Å². The van der Waals surface area contributed by atoms with Gasteiger partial charge in [0.05, 0.1) is 18.4 Å². The van der Waals surface area contributed by atoms with Crippen molar-refractivity contribution in [2.45, 2.75) is 13.0 Å².